The first-order valence-electron chi connectivity index (χ1n) is 9.81. The number of rotatable bonds is 5. The molecule has 0 spiro atoms. The summed E-state index contributed by atoms with van der Waals surface area (Å²) in [6, 6.07) is 20.0. The Labute approximate surface area is 190 Å². The molecule has 0 radical (unpaired) electrons. The first kappa shape index (κ1) is 21.2. The molecule has 0 aliphatic carbocycles. The largest absolute Gasteiger partial charge is 0.457 e. The number of ether oxygens (including phenoxy) is 1. The maximum atomic E-state index is 12.7. The van der Waals surface area contributed by atoms with Crippen molar-refractivity contribution in [2.24, 2.45) is 5.92 Å². The van der Waals surface area contributed by atoms with E-state index in [0.717, 1.165) is 11.3 Å². The number of anilines is 2. The van der Waals surface area contributed by atoms with Crippen molar-refractivity contribution in [1.82, 2.24) is 0 Å². The molecule has 31 heavy (non-hydrogen) atoms. The highest BCUT2D eigenvalue weighted by Gasteiger charge is 2.36. The molecule has 3 aromatic carbocycles. The molecule has 2 amide bonds. The molecule has 1 aliphatic rings. The van der Waals surface area contributed by atoms with Crippen molar-refractivity contribution in [3.63, 3.8) is 0 Å². The number of benzene rings is 3. The van der Waals surface area contributed by atoms with Gasteiger partial charge < -0.3 is 15.0 Å². The van der Waals surface area contributed by atoms with E-state index in [2.05, 4.69) is 5.32 Å². The quantitative estimate of drug-likeness (QED) is 0.507. The van der Waals surface area contributed by atoms with Crippen molar-refractivity contribution in [1.29, 1.82) is 0 Å². The van der Waals surface area contributed by atoms with Crippen LogP contribution in [0.2, 0.25) is 10.0 Å². The number of carbonyl (C=O) groups excluding carboxylic acids is 2. The third-order valence-electron chi connectivity index (χ3n) is 5.16. The summed E-state index contributed by atoms with van der Waals surface area (Å²) in [4.78, 5) is 26.7. The molecule has 158 valence electrons. The Hall–Kier alpha value is -3.02. The van der Waals surface area contributed by atoms with E-state index in [1.54, 1.807) is 42.5 Å². The third-order valence-corrected chi connectivity index (χ3v) is 5.97. The molecule has 3 aromatic rings. The predicted octanol–water partition coefficient (Wildman–Crippen LogP) is 6.09. The van der Waals surface area contributed by atoms with E-state index in [-0.39, 0.29) is 24.8 Å². The number of amides is 2. The molecule has 1 atom stereocenters. The van der Waals surface area contributed by atoms with Crippen molar-refractivity contribution in [3.05, 3.63) is 82.3 Å². The van der Waals surface area contributed by atoms with Crippen molar-refractivity contribution in [2.45, 2.75) is 13.3 Å². The number of hydrogen-bond acceptors (Lipinski definition) is 3. The zero-order chi connectivity index (χ0) is 22.0. The SMILES string of the molecule is Cc1ccccc1Oc1ccc(NC(=O)[C@@H]2CC(=O)N(c3cccc(Cl)c3Cl)C2)cc1. The van der Waals surface area contributed by atoms with E-state index >= 15 is 0 Å². The van der Waals surface area contributed by atoms with Crippen LogP contribution in [0.15, 0.2) is 66.7 Å². The lowest BCUT2D eigenvalue weighted by molar-refractivity contribution is -0.122. The molecular weight excluding hydrogens is 435 g/mol. The Morgan fingerprint density at radius 1 is 1.03 bits per heavy atom. The Morgan fingerprint density at radius 3 is 2.52 bits per heavy atom. The molecule has 1 heterocycles. The van der Waals surface area contributed by atoms with Crippen LogP contribution in [-0.2, 0) is 9.59 Å². The molecule has 4 rings (SSSR count). The minimum absolute atomic E-state index is 0.114. The van der Waals surface area contributed by atoms with Crippen LogP contribution in [-0.4, -0.2) is 18.4 Å². The minimum atomic E-state index is -0.481. The zero-order valence-electron chi connectivity index (χ0n) is 16.8. The third kappa shape index (κ3) is 4.68. The van der Waals surface area contributed by atoms with Crippen LogP contribution in [0.4, 0.5) is 11.4 Å². The Balaban J connectivity index is 1.40. The lowest BCUT2D eigenvalue weighted by Crippen LogP contribution is -2.28. The number of aryl methyl sites for hydroxylation is 1. The second-order valence-corrected chi connectivity index (χ2v) is 8.14. The van der Waals surface area contributed by atoms with Gasteiger partial charge in [-0.1, -0.05) is 47.5 Å². The van der Waals surface area contributed by atoms with E-state index in [0.29, 0.717) is 27.2 Å². The number of nitrogens with zero attached hydrogens (tertiary/aromatic N) is 1. The molecule has 1 saturated heterocycles. The van der Waals surface area contributed by atoms with E-state index in [1.807, 2.05) is 31.2 Å². The van der Waals surface area contributed by atoms with Gasteiger partial charge in [0.05, 0.1) is 21.7 Å². The van der Waals surface area contributed by atoms with Gasteiger partial charge in [0.2, 0.25) is 11.8 Å². The molecule has 0 aromatic heterocycles. The summed E-state index contributed by atoms with van der Waals surface area (Å²) in [5, 5.41) is 3.55. The summed E-state index contributed by atoms with van der Waals surface area (Å²) < 4.78 is 5.88. The predicted molar refractivity (Wildman–Crippen MR) is 123 cm³/mol. The summed E-state index contributed by atoms with van der Waals surface area (Å²) in [7, 11) is 0. The maximum Gasteiger partial charge on any atom is 0.229 e. The second kappa shape index (κ2) is 9.00. The fourth-order valence-corrected chi connectivity index (χ4v) is 3.86. The molecule has 1 fully saturated rings. The molecular formula is C24H20Cl2N2O3. The minimum Gasteiger partial charge on any atom is -0.457 e. The van der Waals surface area contributed by atoms with Crippen LogP contribution in [0, 0.1) is 12.8 Å². The molecule has 1 N–H and O–H groups in total. The van der Waals surface area contributed by atoms with E-state index in [9.17, 15) is 9.59 Å². The molecule has 1 aliphatic heterocycles. The molecule has 0 unspecified atom stereocenters. The first-order chi connectivity index (χ1) is 14.9. The van der Waals surface area contributed by atoms with Gasteiger partial charge in [-0.05, 0) is 55.0 Å². The summed E-state index contributed by atoms with van der Waals surface area (Å²) in [6.45, 7) is 2.23. The highest BCUT2D eigenvalue weighted by Crippen LogP contribution is 2.36. The van der Waals surface area contributed by atoms with Crippen molar-refractivity contribution >= 4 is 46.4 Å². The van der Waals surface area contributed by atoms with Gasteiger partial charge in [-0.25, -0.2) is 0 Å². The van der Waals surface area contributed by atoms with E-state index in [1.165, 1.54) is 4.90 Å². The lowest BCUT2D eigenvalue weighted by Gasteiger charge is -2.18. The molecule has 0 bridgehead atoms. The van der Waals surface area contributed by atoms with Crippen molar-refractivity contribution in [3.8, 4) is 11.5 Å². The van der Waals surface area contributed by atoms with Gasteiger partial charge in [0.1, 0.15) is 11.5 Å². The fourth-order valence-electron chi connectivity index (χ4n) is 3.47. The topological polar surface area (TPSA) is 58.6 Å². The van der Waals surface area contributed by atoms with Gasteiger partial charge in [-0.2, -0.15) is 0 Å². The average Bonchev–Trinajstić information content (AvgIpc) is 3.15. The summed E-state index contributed by atoms with van der Waals surface area (Å²) >= 11 is 12.3. The fraction of sp³-hybridized carbons (Fsp3) is 0.167. The monoisotopic (exact) mass is 454 g/mol. The Morgan fingerprint density at radius 2 is 1.77 bits per heavy atom. The van der Waals surface area contributed by atoms with E-state index in [4.69, 9.17) is 27.9 Å². The highest BCUT2D eigenvalue weighted by atomic mass is 35.5. The molecule has 5 nitrogen and oxygen atoms in total. The van der Waals surface area contributed by atoms with Gasteiger partial charge in [0.25, 0.3) is 0 Å². The summed E-state index contributed by atoms with van der Waals surface area (Å²) in [6.07, 6.45) is 0.114. The Kier molecular flexibility index (Phi) is 6.16. The molecule has 7 heteroatoms. The summed E-state index contributed by atoms with van der Waals surface area (Å²) in [5.74, 6) is 0.590. The first-order valence-corrected chi connectivity index (χ1v) is 10.6. The van der Waals surface area contributed by atoms with Crippen molar-refractivity contribution < 1.29 is 14.3 Å². The number of hydrogen-bond donors (Lipinski definition) is 1. The van der Waals surface area contributed by atoms with Gasteiger partial charge >= 0.3 is 0 Å². The smallest absolute Gasteiger partial charge is 0.229 e. The maximum absolute atomic E-state index is 12.7. The average molecular weight is 455 g/mol. The van der Waals surface area contributed by atoms with Gasteiger partial charge in [-0.15, -0.1) is 0 Å². The second-order valence-electron chi connectivity index (χ2n) is 7.36. The van der Waals surface area contributed by atoms with Gasteiger partial charge in [0, 0.05) is 18.7 Å². The standard InChI is InChI=1S/C24H20Cl2N2O3/c1-15-5-2-3-8-21(15)31-18-11-9-17(10-12-18)27-24(30)16-13-22(29)28(14-16)20-7-4-6-19(25)23(20)26/h2-12,16H,13-14H2,1H3,(H,27,30)/t16-/m1/s1. The van der Waals surface area contributed by atoms with Gasteiger partial charge in [0.15, 0.2) is 0 Å². The van der Waals surface area contributed by atoms with Crippen LogP contribution < -0.4 is 15.0 Å². The van der Waals surface area contributed by atoms with E-state index < -0.39 is 5.92 Å². The van der Waals surface area contributed by atoms with Crippen LogP contribution in [0.3, 0.4) is 0 Å². The van der Waals surface area contributed by atoms with Gasteiger partial charge in [-0.3, -0.25) is 9.59 Å². The lowest BCUT2D eigenvalue weighted by atomic mass is 10.1. The number of nitrogens with one attached hydrogen (secondary N) is 1. The van der Waals surface area contributed by atoms with Crippen LogP contribution in [0.25, 0.3) is 0 Å². The van der Waals surface area contributed by atoms with Crippen molar-refractivity contribution in [2.75, 3.05) is 16.8 Å². The number of carbonyl (C=O) groups is 2. The number of halogens is 2. The molecule has 0 saturated carbocycles. The summed E-state index contributed by atoms with van der Waals surface area (Å²) in [5.41, 5.74) is 2.19. The van der Waals surface area contributed by atoms with Crippen LogP contribution >= 0.6 is 23.2 Å². The van der Waals surface area contributed by atoms with Crippen LogP contribution in [0.1, 0.15) is 12.0 Å². The van der Waals surface area contributed by atoms with Crippen LogP contribution in [0.5, 0.6) is 11.5 Å². The number of para-hydroxylation sites is 1. The zero-order valence-corrected chi connectivity index (χ0v) is 18.3. The highest BCUT2D eigenvalue weighted by molar-refractivity contribution is 6.44. The Bertz CT molecular complexity index is 1130. The normalized spacial score (nSPS) is 15.8.